The first-order valence-electron chi connectivity index (χ1n) is 16.4. The maximum absolute atomic E-state index is 12.1. The Morgan fingerprint density at radius 1 is 0.714 bits per heavy atom. The Morgan fingerprint density at radius 3 is 1.63 bits per heavy atom. The third-order valence-electron chi connectivity index (χ3n) is 7.31. The number of nitrogens with one attached hydrogen (secondary N) is 1. The van der Waals surface area contributed by atoms with Crippen LogP contribution in [0.5, 0.6) is 0 Å². The van der Waals surface area contributed by atoms with Crippen molar-refractivity contribution in [3.05, 3.63) is 70.3 Å². The molecule has 1 aromatic rings. The fourth-order valence-electron chi connectivity index (χ4n) is 4.72. The Morgan fingerprint density at radius 2 is 1.18 bits per heavy atom. The van der Waals surface area contributed by atoms with Crippen LogP contribution in [0.1, 0.15) is 68.4 Å². The molecule has 0 aliphatic rings. The number of nitrogens with two attached hydrogens (primary N) is 1. The van der Waals surface area contributed by atoms with Gasteiger partial charge in [-0.1, -0.05) is 39.1 Å². The number of rotatable bonds is 25. The Bertz CT molecular complexity index is 1280. The summed E-state index contributed by atoms with van der Waals surface area (Å²) in [4.78, 5) is 36.0. The lowest BCUT2D eigenvalue weighted by Gasteiger charge is -2.26. The molecule has 1 aromatic carbocycles. The summed E-state index contributed by atoms with van der Waals surface area (Å²) in [5.74, 6) is -1.98. The summed E-state index contributed by atoms with van der Waals surface area (Å²) in [7, 11) is 0. The van der Waals surface area contributed by atoms with Crippen molar-refractivity contribution < 1.29 is 53.8 Å². The van der Waals surface area contributed by atoms with Crippen molar-refractivity contribution in [2.24, 2.45) is 5.73 Å². The lowest BCUT2D eigenvalue weighted by Crippen LogP contribution is -2.32. The average Bonchev–Trinajstić information content (AvgIpc) is 3.04. The van der Waals surface area contributed by atoms with Gasteiger partial charge in [-0.15, -0.1) is 0 Å². The minimum atomic E-state index is -1.20. The van der Waals surface area contributed by atoms with Crippen LogP contribution in [0, 0.1) is 0 Å². The van der Waals surface area contributed by atoms with Crippen molar-refractivity contribution in [2.75, 3.05) is 39.6 Å². The average molecular weight is 693 g/mol. The number of unbranched alkanes of at least 4 members (excludes halogenated alkanes) is 1. The van der Waals surface area contributed by atoms with Crippen LogP contribution < -0.4 is 11.1 Å². The minimum Gasteiger partial charge on any atom is -0.460 e. The van der Waals surface area contributed by atoms with Crippen LogP contribution in [0.4, 0.5) is 0 Å². The van der Waals surface area contributed by atoms with E-state index in [1.807, 2.05) is 6.92 Å². The fourth-order valence-corrected chi connectivity index (χ4v) is 4.72. The molecule has 13 nitrogen and oxygen atoms in total. The minimum absolute atomic E-state index is 0.0105. The van der Waals surface area contributed by atoms with Crippen molar-refractivity contribution in [1.29, 1.82) is 0 Å². The predicted molar refractivity (Wildman–Crippen MR) is 184 cm³/mol. The van der Waals surface area contributed by atoms with E-state index in [2.05, 4.69) is 25.1 Å². The molecule has 4 unspecified atom stereocenters. The molecule has 4 atom stereocenters. The van der Waals surface area contributed by atoms with E-state index in [0.29, 0.717) is 34.4 Å². The highest BCUT2D eigenvalue weighted by atomic mass is 16.6. The van der Waals surface area contributed by atoms with E-state index < -0.39 is 42.3 Å². The molecule has 0 aliphatic carbocycles. The normalized spacial score (nSPS) is 13.6. The van der Waals surface area contributed by atoms with Crippen LogP contribution in [0.2, 0.25) is 0 Å². The van der Waals surface area contributed by atoms with Gasteiger partial charge >= 0.3 is 17.9 Å². The second kappa shape index (κ2) is 23.1. The van der Waals surface area contributed by atoms with Crippen LogP contribution in [0.25, 0.3) is 0 Å². The summed E-state index contributed by atoms with van der Waals surface area (Å²) in [5.41, 5.74) is 9.63. The number of ether oxygens (including phenoxy) is 4. The molecule has 276 valence electrons. The van der Waals surface area contributed by atoms with E-state index in [-0.39, 0.29) is 82.0 Å². The molecule has 7 N–H and O–H groups in total. The van der Waals surface area contributed by atoms with Gasteiger partial charge in [-0.05, 0) is 55.0 Å². The van der Waals surface area contributed by atoms with Crippen LogP contribution in [-0.2, 0) is 65.7 Å². The van der Waals surface area contributed by atoms with E-state index in [9.17, 15) is 34.8 Å². The molecule has 0 saturated heterocycles. The van der Waals surface area contributed by atoms with E-state index in [4.69, 9.17) is 24.7 Å². The van der Waals surface area contributed by atoms with Gasteiger partial charge in [0.15, 0.2) is 0 Å². The maximum Gasteiger partial charge on any atom is 0.333 e. The van der Waals surface area contributed by atoms with Gasteiger partial charge in [-0.2, -0.15) is 0 Å². The standard InChI is InChI=1S/C36H56N2O11/c1-8-9-10-46-18-30(42)16-38-17-33-25(12-27(39)19-47-34(43)22(2)3)11-26(15-37)31(13-28(40)20-48-35(44)23(4)5)32(33)14-29(41)21-49-36(45)24(6)7/h11,27-30,38-42H,2,4,6,8-10,12-21,37H2,1,3,5,7H3. The molecule has 0 aromatic heterocycles. The quantitative estimate of drug-likeness (QED) is 0.0372. The molecular weight excluding hydrogens is 636 g/mol. The molecule has 0 radical (unpaired) electrons. The van der Waals surface area contributed by atoms with E-state index in [1.165, 1.54) is 20.8 Å². The number of carbonyl (C=O) groups is 3. The highest BCUT2D eigenvalue weighted by Gasteiger charge is 2.25. The molecule has 0 fully saturated rings. The summed E-state index contributed by atoms with van der Waals surface area (Å²) >= 11 is 0. The Kier molecular flexibility index (Phi) is 20.5. The van der Waals surface area contributed by atoms with Gasteiger partial charge in [0, 0.05) is 62.2 Å². The molecular formula is C36H56N2O11. The van der Waals surface area contributed by atoms with Gasteiger partial charge in [0.05, 0.1) is 31.0 Å². The van der Waals surface area contributed by atoms with E-state index >= 15 is 0 Å². The van der Waals surface area contributed by atoms with Gasteiger partial charge in [-0.25, -0.2) is 14.4 Å². The zero-order chi connectivity index (χ0) is 37.1. The second-order valence-corrected chi connectivity index (χ2v) is 12.3. The number of benzene rings is 1. The molecule has 13 heteroatoms. The third kappa shape index (κ3) is 16.7. The first kappa shape index (κ1) is 43.6. The van der Waals surface area contributed by atoms with Crippen molar-refractivity contribution in [3.63, 3.8) is 0 Å². The Balaban J connectivity index is 3.59. The molecule has 0 heterocycles. The summed E-state index contributed by atoms with van der Waals surface area (Å²) in [6.45, 7) is 17.1. The first-order valence-corrected chi connectivity index (χ1v) is 16.4. The lowest BCUT2D eigenvalue weighted by molar-refractivity contribution is -0.142. The van der Waals surface area contributed by atoms with Crippen LogP contribution in [0.3, 0.4) is 0 Å². The smallest absolute Gasteiger partial charge is 0.333 e. The van der Waals surface area contributed by atoms with Crippen molar-refractivity contribution in [1.82, 2.24) is 5.32 Å². The summed E-state index contributed by atoms with van der Waals surface area (Å²) in [6.07, 6.45) is -2.54. The number of aliphatic hydroxyl groups is 4. The molecule has 0 spiro atoms. The maximum atomic E-state index is 12.1. The van der Waals surface area contributed by atoms with E-state index in [1.54, 1.807) is 6.07 Å². The number of aliphatic hydroxyl groups excluding tert-OH is 4. The molecule has 0 saturated carbocycles. The van der Waals surface area contributed by atoms with Gasteiger partial charge in [0.25, 0.3) is 0 Å². The second-order valence-electron chi connectivity index (χ2n) is 12.3. The summed E-state index contributed by atoms with van der Waals surface area (Å²) < 4.78 is 21.0. The van der Waals surface area contributed by atoms with Crippen LogP contribution >= 0.6 is 0 Å². The predicted octanol–water partition coefficient (Wildman–Crippen LogP) is 1.48. The van der Waals surface area contributed by atoms with Gasteiger partial charge in [0.2, 0.25) is 0 Å². The molecule has 1 rings (SSSR count). The van der Waals surface area contributed by atoms with Crippen LogP contribution in [-0.4, -0.2) is 102 Å². The number of hydrogen-bond acceptors (Lipinski definition) is 13. The monoisotopic (exact) mass is 692 g/mol. The molecule has 0 aliphatic heterocycles. The van der Waals surface area contributed by atoms with Crippen molar-refractivity contribution in [2.45, 2.75) is 97.3 Å². The third-order valence-corrected chi connectivity index (χ3v) is 7.31. The fraction of sp³-hybridized carbons (Fsp3) is 0.583. The highest BCUT2D eigenvalue weighted by molar-refractivity contribution is 5.87. The van der Waals surface area contributed by atoms with Gasteiger partial charge in [0.1, 0.15) is 19.8 Å². The number of carbonyl (C=O) groups excluding carboxylic acids is 3. The Labute approximate surface area is 289 Å². The number of hydrogen-bond donors (Lipinski definition) is 6. The molecule has 0 amide bonds. The first-order chi connectivity index (χ1) is 23.1. The van der Waals surface area contributed by atoms with Gasteiger partial charge in [-0.3, -0.25) is 0 Å². The highest BCUT2D eigenvalue weighted by Crippen LogP contribution is 2.28. The topological polar surface area (TPSA) is 207 Å². The van der Waals surface area contributed by atoms with Crippen molar-refractivity contribution in [3.8, 4) is 0 Å². The SMILES string of the molecule is C=C(C)C(=O)OCC(O)Cc1cc(CN)c(CC(O)COC(=O)C(=C)C)c(CC(O)COC(=O)C(=C)C)c1CNCC(O)COCCCC. The largest absolute Gasteiger partial charge is 0.460 e. The molecule has 49 heavy (non-hydrogen) atoms. The summed E-state index contributed by atoms with van der Waals surface area (Å²) in [6, 6.07) is 1.77. The zero-order valence-electron chi connectivity index (χ0n) is 29.4. The van der Waals surface area contributed by atoms with Crippen molar-refractivity contribution >= 4 is 17.9 Å². The van der Waals surface area contributed by atoms with Crippen LogP contribution in [0.15, 0.2) is 42.5 Å². The molecule has 0 bridgehead atoms. The van der Waals surface area contributed by atoms with Gasteiger partial charge < -0.3 is 50.4 Å². The summed E-state index contributed by atoms with van der Waals surface area (Å²) in [5, 5.41) is 46.6. The number of esters is 3. The van der Waals surface area contributed by atoms with E-state index in [0.717, 1.165) is 12.8 Å². The lowest BCUT2D eigenvalue weighted by atomic mass is 9.84. The zero-order valence-corrected chi connectivity index (χ0v) is 29.4. The Hall–Kier alpha value is -3.43.